The Kier molecular flexibility index (Phi) is 3.05. The summed E-state index contributed by atoms with van der Waals surface area (Å²) in [5, 5.41) is 7.18. The van der Waals surface area contributed by atoms with E-state index in [9.17, 15) is 8.42 Å². The molecule has 0 aliphatic rings. The summed E-state index contributed by atoms with van der Waals surface area (Å²) < 4.78 is 26.0. The normalized spacial score (nSPS) is 11.2. The first-order valence-electron chi connectivity index (χ1n) is 3.30. The van der Waals surface area contributed by atoms with Crippen molar-refractivity contribution in [2.24, 2.45) is 0 Å². The van der Waals surface area contributed by atoms with Crippen molar-refractivity contribution in [2.75, 3.05) is 7.11 Å². The fourth-order valence-electron chi connectivity index (χ4n) is 0.710. The van der Waals surface area contributed by atoms with Crippen LogP contribution in [0.3, 0.4) is 0 Å². The molecule has 0 radical (unpaired) electrons. The van der Waals surface area contributed by atoms with Crippen LogP contribution in [0.2, 0.25) is 0 Å². The van der Waals surface area contributed by atoms with E-state index in [1.54, 1.807) is 0 Å². The first-order chi connectivity index (χ1) is 6.01. The quantitative estimate of drug-likeness (QED) is 0.699. The molecule has 1 heterocycles. The molecule has 0 unspecified atom stereocenters. The largest absolute Gasteiger partial charge is 0.480 e. The number of methoxy groups -OCH3 is 1. The maximum atomic E-state index is 10.6. The summed E-state index contributed by atoms with van der Waals surface area (Å²) in [6.45, 7) is 0. The van der Waals surface area contributed by atoms with Gasteiger partial charge in [0.1, 0.15) is 5.75 Å². The molecule has 0 aliphatic carbocycles. The third-order valence-electron chi connectivity index (χ3n) is 1.22. The molecule has 1 rings (SSSR count). The van der Waals surface area contributed by atoms with E-state index < -0.39 is 9.05 Å². The average Bonchev–Trinajstić information content (AvgIpc) is 2.03. The van der Waals surface area contributed by atoms with Crippen LogP contribution in [0.4, 0.5) is 0 Å². The van der Waals surface area contributed by atoms with Crippen molar-refractivity contribution in [2.45, 2.75) is 5.75 Å². The minimum atomic E-state index is -3.57. The third kappa shape index (κ3) is 3.56. The minimum absolute atomic E-state index is 0.288. The fourth-order valence-corrected chi connectivity index (χ4v) is 1.55. The van der Waals surface area contributed by atoms with E-state index in [0.29, 0.717) is 5.88 Å². The molecule has 1 aromatic rings. The first-order valence-corrected chi connectivity index (χ1v) is 5.78. The zero-order valence-corrected chi connectivity index (χ0v) is 8.34. The monoisotopic (exact) mass is 222 g/mol. The Balaban J connectivity index is 2.81. The molecule has 0 amide bonds. The molecule has 7 heteroatoms. The van der Waals surface area contributed by atoms with Crippen molar-refractivity contribution < 1.29 is 13.2 Å². The Morgan fingerprint density at radius 1 is 1.46 bits per heavy atom. The smallest absolute Gasteiger partial charge is 0.238 e. The molecule has 0 bridgehead atoms. The summed E-state index contributed by atoms with van der Waals surface area (Å²) in [7, 11) is 2.89. The number of hydrogen-bond donors (Lipinski definition) is 0. The number of aromatic nitrogens is 2. The van der Waals surface area contributed by atoms with Gasteiger partial charge in [0.25, 0.3) is 0 Å². The van der Waals surface area contributed by atoms with Gasteiger partial charge in [0.2, 0.25) is 14.9 Å². The topological polar surface area (TPSA) is 69.2 Å². The number of rotatable bonds is 3. The Morgan fingerprint density at radius 3 is 2.54 bits per heavy atom. The second-order valence-electron chi connectivity index (χ2n) is 2.25. The van der Waals surface area contributed by atoms with E-state index in [1.165, 1.54) is 19.2 Å². The van der Waals surface area contributed by atoms with Gasteiger partial charge in [-0.2, -0.15) is 5.10 Å². The number of hydrogen-bond acceptors (Lipinski definition) is 5. The van der Waals surface area contributed by atoms with Crippen LogP contribution >= 0.6 is 10.7 Å². The van der Waals surface area contributed by atoms with E-state index in [1.807, 2.05) is 0 Å². The van der Waals surface area contributed by atoms with Crippen LogP contribution in [0.1, 0.15) is 5.69 Å². The van der Waals surface area contributed by atoms with Crippen LogP contribution in [0.25, 0.3) is 0 Å². The van der Waals surface area contributed by atoms with Gasteiger partial charge in [-0.3, -0.25) is 0 Å². The maximum Gasteiger partial charge on any atom is 0.238 e. The van der Waals surface area contributed by atoms with Gasteiger partial charge in [-0.25, -0.2) is 8.42 Å². The predicted octanol–water partition coefficient (Wildman–Crippen LogP) is 0.554. The average molecular weight is 223 g/mol. The molecule has 72 valence electrons. The highest BCUT2D eigenvalue weighted by Crippen LogP contribution is 2.08. The fraction of sp³-hybridized carbons (Fsp3) is 0.333. The van der Waals surface area contributed by atoms with Crippen molar-refractivity contribution in [3.63, 3.8) is 0 Å². The second-order valence-corrected chi connectivity index (χ2v) is 5.03. The third-order valence-corrected chi connectivity index (χ3v) is 2.19. The molecule has 5 nitrogen and oxygen atoms in total. The van der Waals surface area contributed by atoms with Gasteiger partial charge < -0.3 is 4.74 Å². The lowest BCUT2D eigenvalue weighted by molar-refractivity contribution is 0.391. The van der Waals surface area contributed by atoms with Gasteiger partial charge in [-0.1, -0.05) is 0 Å². The van der Waals surface area contributed by atoms with Crippen molar-refractivity contribution in [3.8, 4) is 5.88 Å². The Bertz CT molecular complexity index is 375. The van der Waals surface area contributed by atoms with Crippen LogP contribution in [0, 0.1) is 0 Å². The molecule has 0 N–H and O–H groups in total. The van der Waals surface area contributed by atoms with Gasteiger partial charge in [0, 0.05) is 16.7 Å². The van der Waals surface area contributed by atoms with Crippen LogP contribution in [0.5, 0.6) is 5.88 Å². The molecule has 0 fully saturated rings. The van der Waals surface area contributed by atoms with E-state index in [-0.39, 0.29) is 11.4 Å². The highest BCUT2D eigenvalue weighted by Gasteiger charge is 2.08. The van der Waals surface area contributed by atoms with E-state index in [4.69, 9.17) is 15.4 Å². The number of ether oxygens (including phenoxy) is 1. The van der Waals surface area contributed by atoms with Crippen molar-refractivity contribution in [3.05, 3.63) is 17.8 Å². The molecule has 13 heavy (non-hydrogen) atoms. The molecule has 0 atom stereocenters. The molecular weight excluding hydrogens is 216 g/mol. The highest BCUT2D eigenvalue weighted by atomic mass is 35.7. The van der Waals surface area contributed by atoms with Crippen molar-refractivity contribution in [1.82, 2.24) is 10.2 Å². The zero-order valence-electron chi connectivity index (χ0n) is 6.77. The second kappa shape index (κ2) is 3.89. The van der Waals surface area contributed by atoms with Crippen LogP contribution in [-0.2, 0) is 14.8 Å². The molecule has 0 aromatic carbocycles. The molecule has 0 spiro atoms. The first kappa shape index (κ1) is 10.2. The molecular formula is C6H7ClN2O3S. The van der Waals surface area contributed by atoms with E-state index in [2.05, 4.69) is 10.2 Å². The highest BCUT2D eigenvalue weighted by molar-refractivity contribution is 8.13. The molecule has 0 saturated carbocycles. The molecule has 1 aromatic heterocycles. The van der Waals surface area contributed by atoms with Crippen molar-refractivity contribution >= 4 is 19.7 Å². The van der Waals surface area contributed by atoms with Gasteiger partial charge in [-0.05, 0) is 6.07 Å². The zero-order chi connectivity index (χ0) is 9.90. The predicted molar refractivity (Wildman–Crippen MR) is 47.1 cm³/mol. The van der Waals surface area contributed by atoms with Gasteiger partial charge >= 0.3 is 0 Å². The number of nitrogens with zero attached hydrogens (tertiary/aromatic N) is 2. The lowest BCUT2D eigenvalue weighted by Gasteiger charge is -1.98. The van der Waals surface area contributed by atoms with E-state index >= 15 is 0 Å². The Labute approximate surface area is 80.1 Å². The van der Waals surface area contributed by atoms with E-state index in [0.717, 1.165) is 0 Å². The lowest BCUT2D eigenvalue weighted by atomic mass is 10.4. The van der Waals surface area contributed by atoms with Crippen LogP contribution in [0.15, 0.2) is 12.1 Å². The standard InChI is InChI=1S/C6H7ClN2O3S/c1-12-6-3-2-5(8-9-6)4-13(7,10)11/h2-3H,4H2,1H3. The van der Waals surface area contributed by atoms with Gasteiger partial charge in [-0.15, -0.1) is 5.10 Å². The van der Waals surface area contributed by atoms with Gasteiger partial charge in [0.05, 0.1) is 12.8 Å². The minimum Gasteiger partial charge on any atom is -0.480 e. The molecule has 0 saturated heterocycles. The van der Waals surface area contributed by atoms with Crippen LogP contribution < -0.4 is 4.74 Å². The SMILES string of the molecule is COc1ccc(CS(=O)(=O)Cl)nn1. The summed E-state index contributed by atoms with van der Waals surface area (Å²) in [4.78, 5) is 0. The lowest BCUT2D eigenvalue weighted by Crippen LogP contribution is -2.00. The summed E-state index contributed by atoms with van der Waals surface area (Å²) in [5.74, 6) is 0.00154. The van der Waals surface area contributed by atoms with Gasteiger partial charge in [0.15, 0.2) is 0 Å². The maximum absolute atomic E-state index is 10.6. The summed E-state index contributed by atoms with van der Waals surface area (Å²) in [6, 6.07) is 3.01. The molecule has 0 aliphatic heterocycles. The van der Waals surface area contributed by atoms with Crippen LogP contribution in [-0.4, -0.2) is 25.7 Å². The summed E-state index contributed by atoms with van der Waals surface area (Å²) in [5.41, 5.74) is 0.288. The number of halogens is 1. The van der Waals surface area contributed by atoms with Crippen molar-refractivity contribution in [1.29, 1.82) is 0 Å². The summed E-state index contributed by atoms with van der Waals surface area (Å²) in [6.07, 6.45) is 0. The summed E-state index contributed by atoms with van der Waals surface area (Å²) >= 11 is 0. The Hall–Kier alpha value is -0.880. The Morgan fingerprint density at radius 2 is 2.15 bits per heavy atom.